The van der Waals surface area contributed by atoms with Crippen LogP contribution in [0.15, 0.2) is 65.6 Å². The number of carbonyl (C=O) groups excluding carboxylic acids is 1. The minimum Gasteiger partial charge on any atom is -0.497 e. The molecule has 0 aromatic heterocycles. The number of ether oxygens (including phenoxy) is 1. The van der Waals surface area contributed by atoms with Crippen molar-refractivity contribution in [3.8, 4) is 5.75 Å². The Morgan fingerprint density at radius 3 is 2.15 bits per heavy atom. The number of methoxy groups -OCH3 is 1. The van der Waals surface area contributed by atoms with Crippen LogP contribution in [-0.4, -0.2) is 21.4 Å². The Labute approximate surface area is 151 Å². The van der Waals surface area contributed by atoms with E-state index in [1.165, 1.54) is 6.92 Å². The molecule has 2 N–H and O–H groups in total. The van der Waals surface area contributed by atoms with Crippen LogP contribution in [0.5, 0.6) is 5.75 Å². The summed E-state index contributed by atoms with van der Waals surface area (Å²) in [5, 5.41) is 4.32. The highest BCUT2D eigenvalue weighted by Gasteiger charge is 2.15. The fraction of sp³-hybridized carbons (Fsp3) is 0.105. The first kappa shape index (κ1) is 17.8. The van der Waals surface area contributed by atoms with Crippen LogP contribution in [0.4, 0.5) is 11.4 Å². The van der Waals surface area contributed by atoms with Gasteiger partial charge in [-0.25, -0.2) is 8.42 Å². The van der Waals surface area contributed by atoms with Gasteiger partial charge >= 0.3 is 0 Å². The van der Waals surface area contributed by atoms with Crippen molar-refractivity contribution in [2.75, 3.05) is 17.1 Å². The van der Waals surface area contributed by atoms with Gasteiger partial charge in [0.1, 0.15) is 5.75 Å². The molecule has 3 aromatic carbocycles. The zero-order valence-corrected chi connectivity index (χ0v) is 15.1. The van der Waals surface area contributed by atoms with Crippen molar-refractivity contribution in [3.63, 3.8) is 0 Å². The van der Waals surface area contributed by atoms with Crippen molar-refractivity contribution >= 4 is 38.1 Å². The fourth-order valence-corrected chi connectivity index (χ4v) is 3.63. The van der Waals surface area contributed by atoms with E-state index in [9.17, 15) is 13.2 Å². The molecule has 0 unspecified atom stereocenters. The van der Waals surface area contributed by atoms with E-state index in [-0.39, 0.29) is 10.8 Å². The van der Waals surface area contributed by atoms with Gasteiger partial charge in [0.05, 0.1) is 12.0 Å². The number of sulfonamides is 1. The molecule has 0 heterocycles. The van der Waals surface area contributed by atoms with Crippen LogP contribution in [0.25, 0.3) is 10.8 Å². The van der Waals surface area contributed by atoms with Crippen molar-refractivity contribution < 1.29 is 17.9 Å². The third-order valence-electron chi connectivity index (χ3n) is 3.79. The van der Waals surface area contributed by atoms with Crippen LogP contribution in [0, 0.1) is 0 Å². The van der Waals surface area contributed by atoms with Crippen molar-refractivity contribution in [1.29, 1.82) is 0 Å². The van der Waals surface area contributed by atoms with E-state index >= 15 is 0 Å². The topological polar surface area (TPSA) is 84.5 Å². The average Bonchev–Trinajstić information content (AvgIpc) is 2.61. The second-order valence-electron chi connectivity index (χ2n) is 5.74. The molecule has 0 radical (unpaired) electrons. The number of anilines is 2. The largest absolute Gasteiger partial charge is 0.497 e. The van der Waals surface area contributed by atoms with Gasteiger partial charge in [0, 0.05) is 18.3 Å². The standard InChI is InChI=1S/C19H18N2O4S/c1-13(22)20-16-5-7-17(8-6-16)21-26(23,24)19-10-4-14-11-18(25-2)9-3-15(14)12-19/h3-12,21H,1-2H3,(H,20,22). The molecule has 0 bridgehead atoms. The Balaban J connectivity index is 1.85. The molecule has 26 heavy (non-hydrogen) atoms. The molecular weight excluding hydrogens is 352 g/mol. The summed E-state index contributed by atoms with van der Waals surface area (Å²) in [4.78, 5) is 11.2. The number of amides is 1. The molecule has 0 atom stereocenters. The lowest BCUT2D eigenvalue weighted by atomic mass is 10.1. The summed E-state index contributed by atoms with van der Waals surface area (Å²) in [5.74, 6) is 0.525. The fourth-order valence-electron chi connectivity index (χ4n) is 2.53. The molecule has 134 valence electrons. The number of hydrogen-bond acceptors (Lipinski definition) is 4. The van der Waals surface area contributed by atoms with Crippen molar-refractivity contribution in [2.45, 2.75) is 11.8 Å². The lowest BCUT2D eigenvalue weighted by Crippen LogP contribution is -2.13. The van der Waals surface area contributed by atoms with E-state index in [1.807, 2.05) is 12.1 Å². The van der Waals surface area contributed by atoms with Crippen molar-refractivity contribution in [3.05, 3.63) is 60.7 Å². The third kappa shape index (κ3) is 3.94. The maximum Gasteiger partial charge on any atom is 0.261 e. The summed E-state index contributed by atoms with van der Waals surface area (Å²) >= 11 is 0. The predicted molar refractivity (Wildman–Crippen MR) is 102 cm³/mol. The summed E-state index contributed by atoms with van der Waals surface area (Å²) in [5.41, 5.74) is 1.01. The molecule has 1 amide bonds. The SMILES string of the molecule is COc1ccc2cc(S(=O)(=O)Nc3ccc(NC(C)=O)cc3)ccc2c1. The number of fused-ring (bicyclic) bond motifs is 1. The second kappa shape index (κ2) is 7.05. The first-order valence-electron chi connectivity index (χ1n) is 7.86. The molecule has 3 rings (SSSR count). The van der Waals surface area contributed by atoms with Crippen molar-refractivity contribution in [1.82, 2.24) is 0 Å². The number of carbonyl (C=O) groups is 1. The zero-order chi connectivity index (χ0) is 18.7. The van der Waals surface area contributed by atoms with E-state index in [0.717, 1.165) is 10.8 Å². The number of nitrogens with one attached hydrogen (secondary N) is 2. The lowest BCUT2D eigenvalue weighted by Gasteiger charge is -2.10. The Morgan fingerprint density at radius 2 is 1.50 bits per heavy atom. The van der Waals surface area contributed by atoms with E-state index in [1.54, 1.807) is 55.6 Å². The van der Waals surface area contributed by atoms with Gasteiger partial charge in [-0.2, -0.15) is 0 Å². The monoisotopic (exact) mass is 370 g/mol. The molecule has 0 aliphatic rings. The first-order valence-corrected chi connectivity index (χ1v) is 9.34. The molecule has 0 saturated carbocycles. The van der Waals surface area contributed by atoms with E-state index in [4.69, 9.17) is 4.74 Å². The van der Waals surface area contributed by atoms with Gasteiger partial charge < -0.3 is 10.1 Å². The van der Waals surface area contributed by atoms with E-state index in [0.29, 0.717) is 17.1 Å². The van der Waals surface area contributed by atoms with Crippen LogP contribution in [0.1, 0.15) is 6.92 Å². The third-order valence-corrected chi connectivity index (χ3v) is 5.17. The second-order valence-corrected chi connectivity index (χ2v) is 7.42. The van der Waals surface area contributed by atoms with Crippen molar-refractivity contribution in [2.24, 2.45) is 0 Å². The zero-order valence-electron chi connectivity index (χ0n) is 14.3. The summed E-state index contributed by atoms with van der Waals surface area (Å²) in [6.45, 7) is 1.41. The Hall–Kier alpha value is -3.06. The van der Waals surface area contributed by atoms with Gasteiger partial charge in [-0.15, -0.1) is 0 Å². The van der Waals surface area contributed by atoms with Crippen LogP contribution in [0.2, 0.25) is 0 Å². The molecule has 6 nitrogen and oxygen atoms in total. The van der Waals surface area contributed by atoms with Gasteiger partial charge in [0.15, 0.2) is 0 Å². The van der Waals surface area contributed by atoms with Crippen LogP contribution in [-0.2, 0) is 14.8 Å². The molecule has 7 heteroatoms. The summed E-state index contributed by atoms with van der Waals surface area (Å²) in [6, 6.07) is 16.8. The minimum atomic E-state index is -3.72. The quantitative estimate of drug-likeness (QED) is 0.719. The van der Waals surface area contributed by atoms with Crippen LogP contribution >= 0.6 is 0 Å². The predicted octanol–water partition coefficient (Wildman–Crippen LogP) is 3.61. The van der Waals surface area contributed by atoms with Gasteiger partial charge in [0.25, 0.3) is 10.0 Å². The van der Waals surface area contributed by atoms with E-state index < -0.39 is 10.0 Å². The highest BCUT2D eigenvalue weighted by Crippen LogP contribution is 2.25. The van der Waals surface area contributed by atoms with E-state index in [2.05, 4.69) is 10.0 Å². The number of rotatable bonds is 5. The Morgan fingerprint density at radius 1 is 0.885 bits per heavy atom. The molecular formula is C19H18N2O4S. The normalized spacial score (nSPS) is 11.2. The highest BCUT2D eigenvalue weighted by atomic mass is 32.2. The number of benzene rings is 3. The van der Waals surface area contributed by atoms with Gasteiger partial charge in [-0.1, -0.05) is 12.1 Å². The summed E-state index contributed by atoms with van der Waals surface area (Å²) < 4.78 is 33.0. The molecule has 0 aliphatic carbocycles. The maximum absolute atomic E-state index is 12.6. The maximum atomic E-state index is 12.6. The van der Waals surface area contributed by atoms with Gasteiger partial charge in [-0.05, 0) is 59.3 Å². The Kier molecular flexibility index (Phi) is 4.81. The molecule has 0 saturated heterocycles. The Bertz CT molecular complexity index is 1060. The smallest absolute Gasteiger partial charge is 0.261 e. The number of hydrogen-bond donors (Lipinski definition) is 2. The molecule has 0 spiro atoms. The summed E-state index contributed by atoms with van der Waals surface area (Å²) in [6.07, 6.45) is 0. The van der Waals surface area contributed by atoms with Gasteiger partial charge in [0.2, 0.25) is 5.91 Å². The van der Waals surface area contributed by atoms with Crippen LogP contribution < -0.4 is 14.8 Å². The van der Waals surface area contributed by atoms with Crippen LogP contribution in [0.3, 0.4) is 0 Å². The molecule has 0 aliphatic heterocycles. The minimum absolute atomic E-state index is 0.168. The highest BCUT2D eigenvalue weighted by molar-refractivity contribution is 7.92. The molecule has 0 fully saturated rings. The first-order chi connectivity index (χ1) is 12.4. The summed E-state index contributed by atoms with van der Waals surface area (Å²) in [7, 11) is -2.14. The lowest BCUT2D eigenvalue weighted by molar-refractivity contribution is -0.114. The van der Waals surface area contributed by atoms with Gasteiger partial charge in [-0.3, -0.25) is 9.52 Å². The average molecular weight is 370 g/mol. The molecule has 3 aromatic rings.